The van der Waals surface area contributed by atoms with Crippen molar-refractivity contribution in [1.82, 2.24) is 10.6 Å². The van der Waals surface area contributed by atoms with Crippen molar-refractivity contribution in [3.8, 4) is 0 Å². The molecule has 0 bridgehead atoms. The largest absolute Gasteiger partial charge is 0.355 e. The number of nitrogens with one attached hydrogen (secondary N) is 2. The second-order valence-corrected chi connectivity index (χ2v) is 5.98. The molecule has 3 atom stereocenters. The molecule has 2 saturated carbocycles. The highest BCUT2D eigenvalue weighted by molar-refractivity contribution is 5.80. The summed E-state index contributed by atoms with van der Waals surface area (Å²) in [6, 6.07) is 0.666. The summed E-state index contributed by atoms with van der Waals surface area (Å²) >= 11 is 0. The third kappa shape index (κ3) is 3.98. The summed E-state index contributed by atoms with van der Waals surface area (Å²) in [4.78, 5) is 11.4. The Bertz CT molecular complexity index is 263. The quantitative estimate of drug-likeness (QED) is 0.719. The van der Waals surface area contributed by atoms with E-state index in [-0.39, 0.29) is 5.91 Å². The van der Waals surface area contributed by atoms with Gasteiger partial charge in [-0.25, -0.2) is 0 Å². The van der Waals surface area contributed by atoms with Crippen molar-refractivity contribution in [3.05, 3.63) is 0 Å². The van der Waals surface area contributed by atoms with Crippen molar-refractivity contribution in [2.75, 3.05) is 13.1 Å². The van der Waals surface area contributed by atoms with Crippen LogP contribution in [-0.4, -0.2) is 25.0 Å². The average Bonchev–Trinajstić information content (AvgIpc) is 3.13. The molecular weight excluding hydrogens is 212 g/mol. The van der Waals surface area contributed by atoms with Crippen molar-refractivity contribution in [3.63, 3.8) is 0 Å². The minimum absolute atomic E-state index is 0.262. The molecule has 2 fully saturated rings. The van der Waals surface area contributed by atoms with Crippen molar-refractivity contribution in [2.45, 2.75) is 52.0 Å². The second kappa shape index (κ2) is 5.85. The maximum Gasteiger partial charge on any atom is 0.223 e. The van der Waals surface area contributed by atoms with Gasteiger partial charge in [0.2, 0.25) is 5.91 Å². The van der Waals surface area contributed by atoms with E-state index in [2.05, 4.69) is 24.5 Å². The predicted octanol–water partition coefficient (Wildman–Crippen LogP) is 1.93. The molecule has 0 radical (unpaired) electrons. The zero-order valence-corrected chi connectivity index (χ0v) is 11.2. The Hall–Kier alpha value is -0.570. The van der Waals surface area contributed by atoms with Crippen molar-refractivity contribution in [2.24, 2.45) is 17.8 Å². The number of hydrogen-bond acceptors (Lipinski definition) is 2. The van der Waals surface area contributed by atoms with Gasteiger partial charge in [-0.05, 0) is 43.9 Å². The van der Waals surface area contributed by atoms with Gasteiger partial charge >= 0.3 is 0 Å². The molecule has 0 heterocycles. The Morgan fingerprint density at radius 1 is 1.06 bits per heavy atom. The van der Waals surface area contributed by atoms with E-state index in [0.717, 1.165) is 37.8 Å². The minimum atomic E-state index is 0.262. The van der Waals surface area contributed by atoms with E-state index in [1.165, 1.54) is 19.3 Å². The highest BCUT2D eigenvalue weighted by Gasteiger charge is 2.29. The van der Waals surface area contributed by atoms with Gasteiger partial charge in [-0.3, -0.25) is 4.79 Å². The first kappa shape index (κ1) is 12.9. The summed E-state index contributed by atoms with van der Waals surface area (Å²) in [5, 5.41) is 6.58. The summed E-state index contributed by atoms with van der Waals surface area (Å²) in [7, 11) is 0. The Kier molecular flexibility index (Phi) is 4.43. The topological polar surface area (TPSA) is 41.1 Å². The predicted molar refractivity (Wildman–Crippen MR) is 69.7 cm³/mol. The smallest absolute Gasteiger partial charge is 0.223 e. The first-order chi connectivity index (χ1) is 8.16. The molecule has 0 aromatic heterocycles. The monoisotopic (exact) mass is 238 g/mol. The van der Waals surface area contributed by atoms with Gasteiger partial charge in [0.1, 0.15) is 0 Å². The van der Waals surface area contributed by atoms with Crippen molar-refractivity contribution >= 4 is 5.91 Å². The summed E-state index contributed by atoms with van der Waals surface area (Å²) in [6.45, 7) is 6.42. The van der Waals surface area contributed by atoms with Crippen LogP contribution >= 0.6 is 0 Å². The van der Waals surface area contributed by atoms with Gasteiger partial charge in [-0.15, -0.1) is 0 Å². The molecule has 3 heteroatoms. The number of amides is 1. The van der Waals surface area contributed by atoms with Crippen LogP contribution in [0.3, 0.4) is 0 Å². The lowest BCUT2D eigenvalue weighted by molar-refractivity contribution is -0.122. The van der Waals surface area contributed by atoms with Crippen LogP contribution in [0, 0.1) is 17.8 Å². The van der Waals surface area contributed by atoms with Crippen LogP contribution in [0.5, 0.6) is 0 Å². The zero-order chi connectivity index (χ0) is 12.3. The number of rotatable bonds is 5. The van der Waals surface area contributed by atoms with E-state index < -0.39 is 0 Å². The number of carbonyl (C=O) groups is 1. The van der Waals surface area contributed by atoms with Gasteiger partial charge in [0, 0.05) is 25.0 Å². The van der Waals surface area contributed by atoms with Gasteiger partial charge in [0.05, 0.1) is 0 Å². The van der Waals surface area contributed by atoms with Crippen LogP contribution in [-0.2, 0) is 4.79 Å². The fourth-order valence-corrected chi connectivity index (χ4v) is 2.68. The van der Waals surface area contributed by atoms with Gasteiger partial charge in [-0.2, -0.15) is 0 Å². The van der Waals surface area contributed by atoms with Crippen LogP contribution < -0.4 is 10.6 Å². The van der Waals surface area contributed by atoms with Crippen molar-refractivity contribution < 1.29 is 4.79 Å². The molecule has 0 aromatic carbocycles. The van der Waals surface area contributed by atoms with Crippen LogP contribution in [0.2, 0.25) is 0 Å². The highest BCUT2D eigenvalue weighted by Crippen LogP contribution is 2.29. The Balaban J connectivity index is 1.54. The summed E-state index contributed by atoms with van der Waals surface area (Å²) in [5.74, 6) is 2.31. The number of carbonyl (C=O) groups excluding carboxylic acids is 1. The summed E-state index contributed by atoms with van der Waals surface area (Å²) in [5.41, 5.74) is 0. The normalized spacial score (nSPS) is 33.4. The molecule has 0 saturated heterocycles. The molecule has 98 valence electrons. The van der Waals surface area contributed by atoms with Crippen LogP contribution in [0.25, 0.3) is 0 Å². The lowest BCUT2D eigenvalue weighted by Gasteiger charge is -2.32. The molecule has 0 aliphatic heterocycles. The van der Waals surface area contributed by atoms with Crippen LogP contribution in [0.1, 0.15) is 46.0 Å². The number of hydrogen-bond donors (Lipinski definition) is 2. The standard InChI is InChI=1S/C14H26N2O/c1-10-3-6-13(9-11(10)2)15-7-8-16-14(17)12-4-5-12/h10-13,15H,3-9H2,1-2H3,(H,16,17)/t10-,11+,13+/m1/s1. The molecule has 2 aliphatic carbocycles. The lowest BCUT2D eigenvalue weighted by Crippen LogP contribution is -2.40. The van der Waals surface area contributed by atoms with Gasteiger partial charge in [0.25, 0.3) is 0 Å². The molecule has 2 N–H and O–H groups in total. The second-order valence-electron chi connectivity index (χ2n) is 5.98. The van der Waals surface area contributed by atoms with Crippen LogP contribution in [0.15, 0.2) is 0 Å². The van der Waals surface area contributed by atoms with E-state index in [9.17, 15) is 4.79 Å². The molecule has 2 aliphatic rings. The fourth-order valence-electron chi connectivity index (χ4n) is 2.68. The third-order valence-electron chi connectivity index (χ3n) is 4.40. The molecule has 0 aromatic rings. The van der Waals surface area contributed by atoms with Gasteiger partial charge in [0.15, 0.2) is 0 Å². The maximum absolute atomic E-state index is 11.4. The summed E-state index contributed by atoms with van der Waals surface area (Å²) < 4.78 is 0. The Labute approximate surface area is 105 Å². The zero-order valence-electron chi connectivity index (χ0n) is 11.2. The first-order valence-electron chi connectivity index (χ1n) is 7.18. The fraction of sp³-hybridized carbons (Fsp3) is 0.929. The lowest BCUT2D eigenvalue weighted by atomic mass is 9.79. The maximum atomic E-state index is 11.4. The first-order valence-corrected chi connectivity index (χ1v) is 7.18. The Morgan fingerprint density at radius 2 is 1.82 bits per heavy atom. The highest BCUT2D eigenvalue weighted by atomic mass is 16.2. The molecule has 2 rings (SSSR count). The van der Waals surface area contributed by atoms with E-state index in [0.29, 0.717) is 12.0 Å². The molecular formula is C14H26N2O. The molecule has 3 nitrogen and oxygen atoms in total. The molecule has 0 unspecified atom stereocenters. The minimum Gasteiger partial charge on any atom is -0.355 e. The average molecular weight is 238 g/mol. The Morgan fingerprint density at radius 3 is 2.47 bits per heavy atom. The van der Waals surface area contributed by atoms with E-state index in [1.54, 1.807) is 0 Å². The van der Waals surface area contributed by atoms with E-state index >= 15 is 0 Å². The van der Waals surface area contributed by atoms with Crippen molar-refractivity contribution in [1.29, 1.82) is 0 Å². The van der Waals surface area contributed by atoms with Crippen LogP contribution in [0.4, 0.5) is 0 Å². The molecule has 17 heavy (non-hydrogen) atoms. The molecule has 0 spiro atoms. The van der Waals surface area contributed by atoms with E-state index in [1.807, 2.05) is 0 Å². The van der Waals surface area contributed by atoms with Gasteiger partial charge < -0.3 is 10.6 Å². The summed E-state index contributed by atoms with van der Waals surface area (Å²) in [6.07, 6.45) is 6.11. The SMILES string of the molecule is C[C@@H]1CC[C@H](NCCNC(=O)C2CC2)C[C@@H]1C. The molecule has 1 amide bonds. The third-order valence-corrected chi connectivity index (χ3v) is 4.40. The van der Waals surface area contributed by atoms with Gasteiger partial charge in [-0.1, -0.05) is 13.8 Å². The van der Waals surface area contributed by atoms with E-state index in [4.69, 9.17) is 0 Å².